The second-order valence-electron chi connectivity index (χ2n) is 7.72. The number of fused-ring (bicyclic) bond motifs is 3. The number of hydrogen-bond acceptors (Lipinski definition) is 5. The Balaban J connectivity index is 1.27. The molecule has 4 aromatic rings. The van der Waals surface area contributed by atoms with Gasteiger partial charge in [-0.25, -0.2) is 8.42 Å². The van der Waals surface area contributed by atoms with Crippen LogP contribution in [0.1, 0.15) is 5.56 Å². The van der Waals surface area contributed by atoms with Crippen LogP contribution in [0, 0.1) is 0 Å². The van der Waals surface area contributed by atoms with E-state index in [1.165, 1.54) is 10.4 Å². The molecule has 0 unspecified atom stereocenters. The van der Waals surface area contributed by atoms with Crippen molar-refractivity contribution in [2.75, 3.05) is 31.6 Å². The van der Waals surface area contributed by atoms with Crippen LogP contribution in [-0.4, -0.2) is 44.9 Å². The highest BCUT2D eigenvalue weighted by atomic mass is 32.2. The minimum Gasteiger partial charge on any atom is -0.456 e. The molecular weight excluding hydrogens is 440 g/mol. The quantitative estimate of drug-likeness (QED) is 0.448. The number of hydrogen-bond donors (Lipinski definition) is 1. The number of para-hydroxylation sites is 1. The molecule has 1 amide bonds. The predicted molar refractivity (Wildman–Crippen MR) is 127 cm³/mol. The van der Waals surface area contributed by atoms with Crippen LogP contribution in [0.15, 0.2) is 82.1 Å². The third-order valence-electron chi connectivity index (χ3n) is 5.56. The van der Waals surface area contributed by atoms with Crippen molar-refractivity contribution in [1.82, 2.24) is 4.31 Å². The highest BCUT2D eigenvalue weighted by Crippen LogP contribution is 2.30. The fraction of sp³-hybridized carbons (Fsp3) is 0.160. The summed E-state index contributed by atoms with van der Waals surface area (Å²) in [6.07, 6.45) is 3.06. The van der Waals surface area contributed by atoms with Gasteiger partial charge in [0, 0.05) is 35.6 Å². The molecule has 1 aliphatic rings. The zero-order valence-corrected chi connectivity index (χ0v) is 18.5. The lowest BCUT2D eigenvalue weighted by molar-refractivity contribution is -0.111. The topological polar surface area (TPSA) is 88.9 Å². The smallest absolute Gasteiger partial charge is 0.248 e. The van der Waals surface area contributed by atoms with E-state index in [1.54, 1.807) is 36.4 Å². The van der Waals surface area contributed by atoms with E-state index in [0.717, 1.165) is 27.5 Å². The Morgan fingerprint density at radius 2 is 1.64 bits per heavy atom. The van der Waals surface area contributed by atoms with Gasteiger partial charge in [0.1, 0.15) is 11.2 Å². The lowest BCUT2D eigenvalue weighted by Gasteiger charge is -2.26. The number of anilines is 1. The molecule has 0 bridgehead atoms. The van der Waals surface area contributed by atoms with Crippen molar-refractivity contribution in [2.45, 2.75) is 4.90 Å². The summed E-state index contributed by atoms with van der Waals surface area (Å²) in [5.41, 5.74) is 2.95. The van der Waals surface area contributed by atoms with Crippen molar-refractivity contribution in [3.05, 3.63) is 78.4 Å². The third kappa shape index (κ3) is 4.41. The van der Waals surface area contributed by atoms with E-state index < -0.39 is 10.0 Å². The maximum atomic E-state index is 12.7. The Labute approximate surface area is 191 Å². The van der Waals surface area contributed by atoms with Crippen molar-refractivity contribution in [1.29, 1.82) is 0 Å². The number of carbonyl (C=O) groups excluding carboxylic acids is 1. The van der Waals surface area contributed by atoms with Gasteiger partial charge in [0.05, 0.1) is 18.1 Å². The van der Waals surface area contributed by atoms with Gasteiger partial charge in [-0.3, -0.25) is 4.79 Å². The number of ether oxygens (including phenoxy) is 1. The molecule has 5 rings (SSSR count). The van der Waals surface area contributed by atoms with Gasteiger partial charge in [-0.15, -0.1) is 0 Å². The second kappa shape index (κ2) is 8.82. The Kier molecular flexibility index (Phi) is 5.72. The number of benzene rings is 3. The zero-order chi connectivity index (χ0) is 22.8. The van der Waals surface area contributed by atoms with Crippen LogP contribution in [-0.2, 0) is 19.6 Å². The van der Waals surface area contributed by atoms with Gasteiger partial charge >= 0.3 is 0 Å². The Morgan fingerprint density at radius 1 is 0.909 bits per heavy atom. The van der Waals surface area contributed by atoms with Crippen molar-refractivity contribution >= 4 is 49.6 Å². The van der Waals surface area contributed by atoms with Gasteiger partial charge in [-0.05, 0) is 48.0 Å². The summed E-state index contributed by atoms with van der Waals surface area (Å²) in [4.78, 5) is 12.6. The van der Waals surface area contributed by atoms with Crippen molar-refractivity contribution in [3.8, 4) is 0 Å². The molecule has 0 atom stereocenters. The molecule has 0 spiro atoms. The molecule has 1 aromatic heterocycles. The van der Waals surface area contributed by atoms with Crippen LogP contribution in [0.4, 0.5) is 5.69 Å². The molecule has 2 heterocycles. The van der Waals surface area contributed by atoms with Gasteiger partial charge in [0.2, 0.25) is 15.9 Å². The van der Waals surface area contributed by atoms with Gasteiger partial charge in [-0.1, -0.05) is 30.3 Å². The average molecular weight is 463 g/mol. The molecule has 3 aromatic carbocycles. The lowest BCUT2D eigenvalue weighted by atomic mass is 10.1. The number of nitrogens with zero attached hydrogens (tertiary/aromatic N) is 1. The fourth-order valence-corrected chi connectivity index (χ4v) is 5.25. The van der Waals surface area contributed by atoms with E-state index >= 15 is 0 Å². The molecule has 1 fully saturated rings. The maximum absolute atomic E-state index is 12.7. The molecule has 0 saturated carbocycles. The number of nitrogens with one attached hydrogen (secondary N) is 1. The molecule has 1 aliphatic heterocycles. The molecule has 8 heteroatoms. The number of amides is 1. The largest absolute Gasteiger partial charge is 0.456 e. The van der Waals surface area contributed by atoms with Crippen LogP contribution in [0.3, 0.4) is 0 Å². The Morgan fingerprint density at radius 3 is 2.42 bits per heavy atom. The third-order valence-corrected chi connectivity index (χ3v) is 7.47. The first kappa shape index (κ1) is 21.4. The van der Waals surface area contributed by atoms with E-state index in [-0.39, 0.29) is 10.8 Å². The summed E-state index contributed by atoms with van der Waals surface area (Å²) in [5.74, 6) is -0.285. The first-order valence-corrected chi connectivity index (χ1v) is 12.0. The van der Waals surface area contributed by atoms with Crippen LogP contribution in [0.5, 0.6) is 0 Å². The number of morpholine rings is 1. The van der Waals surface area contributed by atoms with Gasteiger partial charge in [-0.2, -0.15) is 4.31 Å². The summed E-state index contributed by atoms with van der Waals surface area (Å²) in [6.45, 7) is 1.51. The first-order chi connectivity index (χ1) is 16.0. The van der Waals surface area contributed by atoms with E-state index in [0.29, 0.717) is 32.0 Å². The highest BCUT2D eigenvalue weighted by Gasteiger charge is 2.25. The van der Waals surface area contributed by atoms with E-state index in [1.807, 2.05) is 36.4 Å². The van der Waals surface area contributed by atoms with Gasteiger partial charge < -0.3 is 14.5 Å². The van der Waals surface area contributed by atoms with Crippen LogP contribution >= 0.6 is 0 Å². The average Bonchev–Trinajstić information content (AvgIpc) is 3.22. The normalized spacial score (nSPS) is 15.4. The number of sulfonamides is 1. The standard InChI is InChI=1S/C25H22N2O5S/c28-25(26-19-8-11-24-22(17-19)21-3-1-2-4-23(21)32-24)12-7-18-5-9-20(10-6-18)33(29,30)27-13-15-31-16-14-27/h1-12,17H,13-16H2,(H,26,28)/b12-7+. The van der Waals surface area contributed by atoms with E-state index in [9.17, 15) is 13.2 Å². The lowest BCUT2D eigenvalue weighted by Crippen LogP contribution is -2.40. The first-order valence-electron chi connectivity index (χ1n) is 10.6. The number of furan rings is 1. The monoisotopic (exact) mass is 462 g/mol. The Bertz CT molecular complexity index is 1450. The van der Waals surface area contributed by atoms with Gasteiger partial charge in [0.25, 0.3) is 0 Å². The van der Waals surface area contributed by atoms with E-state index in [4.69, 9.17) is 9.15 Å². The summed E-state index contributed by atoms with van der Waals surface area (Å²) < 4.78 is 37.9. The molecular formula is C25H22N2O5S. The van der Waals surface area contributed by atoms with E-state index in [2.05, 4.69) is 5.32 Å². The summed E-state index contributed by atoms with van der Waals surface area (Å²) in [6, 6.07) is 19.7. The van der Waals surface area contributed by atoms with Crippen molar-refractivity contribution < 1.29 is 22.4 Å². The van der Waals surface area contributed by atoms with Crippen LogP contribution < -0.4 is 5.32 Å². The maximum Gasteiger partial charge on any atom is 0.248 e. The van der Waals surface area contributed by atoms with Crippen molar-refractivity contribution in [2.24, 2.45) is 0 Å². The molecule has 0 aliphatic carbocycles. The molecule has 33 heavy (non-hydrogen) atoms. The molecule has 7 nitrogen and oxygen atoms in total. The fourth-order valence-electron chi connectivity index (χ4n) is 3.85. The number of rotatable bonds is 5. The molecule has 0 radical (unpaired) electrons. The zero-order valence-electron chi connectivity index (χ0n) is 17.7. The van der Waals surface area contributed by atoms with Crippen LogP contribution in [0.25, 0.3) is 28.0 Å². The summed E-state index contributed by atoms with van der Waals surface area (Å²) >= 11 is 0. The molecule has 168 valence electrons. The summed E-state index contributed by atoms with van der Waals surface area (Å²) in [5, 5.41) is 4.78. The highest BCUT2D eigenvalue weighted by molar-refractivity contribution is 7.89. The van der Waals surface area contributed by atoms with Crippen LogP contribution in [0.2, 0.25) is 0 Å². The second-order valence-corrected chi connectivity index (χ2v) is 9.66. The minimum atomic E-state index is -3.54. The molecule has 1 N–H and O–H groups in total. The summed E-state index contributed by atoms with van der Waals surface area (Å²) in [7, 11) is -3.54. The molecule has 1 saturated heterocycles. The van der Waals surface area contributed by atoms with Gasteiger partial charge in [0.15, 0.2) is 0 Å². The predicted octanol–water partition coefficient (Wildman–Crippen LogP) is 4.26. The SMILES string of the molecule is O=C(/C=C/c1ccc(S(=O)(=O)N2CCOCC2)cc1)Nc1ccc2oc3ccccc3c2c1. The number of carbonyl (C=O) groups is 1. The Hall–Kier alpha value is -3.46. The van der Waals surface area contributed by atoms with Crippen molar-refractivity contribution in [3.63, 3.8) is 0 Å². The minimum absolute atomic E-state index is 0.228.